The summed E-state index contributed by atoms with van der Waals surface area (Å²) in [4.78, 5) is 15.8. The minimum absolute atomic E-state index is 0. The van der Waals surface area contributed by atoms with E-state index in [1.165, 1.54) is 7.11 Å². The van der Waals surface area contributed by atoms with E-state index in [1.54, 1.807) is 31.2 Å². The number of nitrogens with zero attached hydrogens (tertiary/aromatic N) is 2. The van der Waals surface area contributed by atoms with Crippen LogP contribution in [0.1, 0.15) is 11.7 Å². The van der Waals surface area contributed by atoms with Crippen molar-refractivity contribution in [3.8, 4) is 5.75 Å². The third-order valence-electron chi connectivity index (χ3n) is 2.74. The first kappa shape index (κ1) is 18.9. The molecule has 1 aromatic heterocycles. The van der Waals surface area contributed by atoms with E-state index in [9.17, 15) is 4.79 Å². The summed E-state index contributed by atoms with van der Waals surface area (Å²) in [7, 11) is 1.49. The molecule has 0 aliphatic rings. The highest BCUT2D eigenvalue weighted by Crippen LogP contribution is 2.16. The minimum Gasteiger partial charge on any atom is -0.485 e. The molecule has 23 heavy (non-hydrogen) atoms. The van der Waals surface area contributed by atoms with Gasteiger partial charge >= 0.3 is 0 Å². The van der Waals surface area contributed by atoms with Crippen molar-refractivity contribution in [1.29, 1.82) is 0 Å². The lowest BCUT2D eigenvalue weighted by molar-refractivity contribution is -0.118. The van der Waals surface area contributed by atoms with E-state index in [-0.39, 0.29) is 31.5 Å². The normalized spacial score (nSPS) is 11.4. The van der Waals surface area contributed by atoms with E-state index < -0.39 is 6.04 Å². The number of methoxy groups -OCH3 is 1. The average molecular weight is 343 g/mol. The Balaban J connectivity index is 0.00000264. The molecule has 2 rings (SSSR count). The Kier molecular flexibility index (Phi) is 7.46. The molecule has 1 heterocycles. The Morgan fingerprint density at radius 2 is 2.09 bits per heavy atom. The van der Waals surface area contributed by atoms with Crippen LogP contribution in [0.25, 0.3) is 0 Å². The third kappa shape index (κ3) is 5.85. The summed E-state index contributed by atoms with van der Waals surface area (Å²) in [6.45, 7) is 2.08. The maximum Gasteiger partial charge on any atom is 0.243 e. The lowest BCUT2D eigenvalue weighted by Gasteiger charge is -2.11. The van der Waals surface area contributed by atoms with Crippen molar-refractivity contribution < 1.29 is 18.8 Å². The van der Waals surface area contributed by atoms with Gasteiger partial charge in [-0.05, 0) is 24.3 Å². The first-order valence-electron chi connectivity index (χ1n) is 6.66. The van der Waals surface area contributed by atoms with Gasteiger partial charge in [0.25, 0.3) is 0 Å². The molecule has 0 saturated carbocycles. The van der Waals surface area contributed by atoms with Crippen molar-refractivity contribution in [1.82, 2.24) is 10.1 Å². The lowest BCUT2D eigenvalue weighted by Crippen LogP contribution is -2.39. The van der Waals surface area contributed by atoms with Crippen LogP contribution in [0.2, 0.25) is 0 Å². The Morgan fingerprint density at radius 3 is 2.65 bits per heavy atom. The van der Waals surface area contributed by atoms with Gasteiger partial charge in [-0.3, -0.25) is 4.79 Å². The summed E-state index contributed by atoms with van der Waals surface area (Å²) < 4.78 is 15.2. The number of benzene rings is 1. The van der Waals surface area contributed by atoms with Gasteiger partial charge in [0, 0.05) is 19.7 Å². The van der Waals surface area contributed by atoms with Gasteiger partial charge in [-0.25, -0.2) is 0 Å². The molecule has 1 amide bonds. The zero-order valence-electron chi connectivity index (χ0n) is 12.8. The Morgan fingerprint density at radius 1 is 1.39 bits per heavy atom. The van der Waals surface area contributed by atoms with Gasteiger partial charge in [0.05, 0.1) is 6.61 Å². The molecular weight excluding hydrogens is 324 g/mol. The molecule has 0 radical (unpaired) electrons. The van der Waals surface area contributed by atoms with Gasteiger partial charge in [0.1, 0.15) is 11.8 Å². The fourth-order valence-corrected chi connectivity index (χ4v) is 1.67. The van der Waals surface area contributed by atoms with Crippen LogP contribution in [-0.2, 0) is 16.1 Å². The average Bonchev–Trinajstić information content (AvgIpc) is 2.92. The van der Waals surface area contributed by atoms with Crippen LogP contribution in [0.3, 0.4) is 0 Å². The van der Waals surface area contributed by atoms with Gasteiger partial charge < -0.3 is 25.0 Å². The van der Waals surface area contributed by atoms with Crippen molar-refractivity contribution in [2.45, 2.75) is 19.6 Å². The van der Waals surface area contributed by atoms with E-state index in [4.69, 9.17) is 19.7 Å². The lowest BCUT2D eigenvalue weighted by atomic mass is 10.2. The Hall–Kier alpha value is -2.16. The van der Waals surface area contributed by atoms with Gasteiger partial charge in [-0.1, -0.05) is 5.16 Å². The molecule has 0 aliphatic carbocycles. The van der Waals surface area contributed by atoms with Gasteiger partial charge in [-0.15, -0.1) is 12.4 Å². The van der Waals surface area contributed by atoms with Gasteiger partial charge in [0.15, 0.2) is 6.61 Å². The summed E-state index contributed by atoms with van der Waals surface area (Å²) >= 11 is 0. The molecule has 2 aromatic rings. The van der Waals surface area contributed by atoms with Crippen molar-refractivity contribution in [2.75, 3.05) is 19.0 Å². The van der Waals surface area contributed by atoms with Crippen LogP contribution in [-0.4, -0.2) is 35.8 Å². The van der Waals surface area contributed by atoms with Gasteiger partial charge in [0.2, 0.25) is 17.6 Å². The summed E-state index contributed by atoms with van der Waals surface area (Å²) in [6.07, 6.45) is 0. The first-order valence-corrected chi connectivity index (χ1v) is 6.66. The van der Waals surface area contributed by atoms with Crippen LogP contribution in [0.5, 0.6) is 5.75 Å². The number of amides is 1. The molecule has 9 heteroatoms. The number of aryl methyl sites for hydroxylation is 1. The van der Waals surface area contributed by atoms with Crippen molar-refractivity contribution in [3.63, 3.8) is 0 Å². The maximum absolute atomic E-state index is 11.7. The monoisotopic (exact) mass is 342 g/mol. The summed E-state index contributed by atoms with van der Waals surface area (Å²) in [6, 6.07) is 6.18. The van der Waals surface area contributed by atoms with Crippen molar-refractivity contribution in [3.05, 3.63) is 36.0 Å². The number of nitrogens with one attached hydrogen (secondary N) is 1. The highest BCUT2D eigenvalue weighted by atomic mass is 35.5. The Labute approximate surface area is 139 Å². The first-order chi connectivity index (χ1) is 10.6. The van der Waals surface area contributed by atoms with Crippen LogP contribution in [0, 0.1) is 6.92 Å². The summed E-state index contributed by atoms with van der Waals surface area (Å²) in [5, 5.41) is 6.42. The van der Waals surface area contributed by atoms with E-state index in [0.29, 0.717) is 23.2 Å². The number of halogens is 1. The number of carbonyl (C=O) groups is 1. The molecule has 3 N–H and O–H groups in total. The number of nitrogens with two attached hydrogens (primary N) is 1. The fourth-order valence-electron chi connectivity index (χ4n) is 1.67. The van der Waals surface area contributed by atoms with Crippen LogP contribution >= 0.6 is 12.4 Å². The second-order valence-corrected chi connectivity index (χ2v) is 4.59. The number of ether oxygens (including phenoxy) is 2. The highest BCUT2D eigenvalue weighted by molar-refractivity contribution is 5.94. The molecule has 0 spiro atoms. The zero-order chi connectivity index (χ0) is 15.9. The van der Waals surface area contributed by atoms with Crippen LogP contribution < -0.4 is 15.8 Å². The molecule has 1 atom stereocenters. The predicted octanol–water partition coefficient (Wildman–Crippen LogP) is 1.29. The molecule has 8 nitrogen and oxygen atoms in total. The van der Waals surface area contributed by atoms with Gasteiger partial charge in [-0.2, -0.15) is 4.98 Å². The SMILES string of the molecule is COCC(N)C(=O)Nc1ccc(OCc2noc(C)n2)cc1.Cl. The van der Waals surface area contributed by atoms with E-state index >= 15 is 0 Å². The Bertz CT molecular complexity index is 617. The largest absolute Gasteiger partial charge is 0.485 e. The summed E-state index contributed by atoms with van der Waals surface area (Å²) in [5.74, 6) is 1.28. The molecule has 1 aromatic carbocycles. The second-order valence-electron chi connectivity index (χ2n) is 4.59. The van der Waals surface area contributed by atoms with Crippen molar-refractivity contribution >= 4 is 24.0 Å². The zero-order valence-corrected chi connectivity index (χ0v) is 13.6. The summed E-state index contributed by atoms with van der Waals surface area (Å²) in [5.41, 5.74) is 6.26. The third-order valence-corrected chi connectivity index (χ3v) is 2.74. The number of anilines is 1. The fraction of sp³-hybridized carbons (Fsp3) is 0.357. The molecule has 126 valence electrons. The number of carbonyl (C=O) groups excluding carboxylic acids is 1. The molecule has 0 fully saturated rings. The maximum atomic E-state index is 11.7. The van der Waals surface area contributed by atoms with Crippen LogP contribution in [0.4, 0.5) is 5.69 Å². The molecule has 0 saturated heterocycles. The molecule has 1 unspecified atom stereocenters. The number of aromatic nitrogens is 2. The van der Waals surface area contributed by atoms with E-state index in [0.717, 1.165) is 0 Å². The smallest absolute Gasteiger partial charge is 0.243 e. The highest BCUT2D eigenvalue weighted by Gasteiger charge is 2.13. The van der Waals surface area contributed by atoms with E-state index in [2.05, 4.69) is 15.5 Å². The topological polar surface area (TPSA) is 112 Å². The number of rotatable bonds is 7. The molecular formula is C14H19ClN4O4. The minimum atomic E-state index is -0.706. The predicted molar refractivity (Wildman–Crippen MR) is 85.5 cm³/mol. The number of hydrogen-bond acceptors (Lipinski definition) is 7. The quantitative estimate of drug-likeness (QED) is 0.779. The number of hydrogen-bond donors (Lipinski definition) is 2. The van der Waals surface area contributed by atoms with Crippen LogP contribution in [0.15, 0.2) is 28.8 Å². The molecule has 0 bridgehead atoms. The van der Waals surface area contributed by atoms with E-state index in [1.807, 2.05) is 0 Å². The van der Waals surface area contributed by atoms with Crippen molar-refractivity contribution in [2.24, 2.45) is 5.73 Å². The molecule has 0 aliphatic heterocycles. The second kappa shape index (κ2) is 9.09. The standard InChI is InChI=1S/C14H18N4O4.ClH/c1-9-16-13(18-22-9)8-21-11-5-3-10(4-6-11)17-14(19)12(15)7-20-2;/h3-6,12H,7-8,15H2,1-2H3,(H,17,19);1H.